The molecule has 5 nitrogen and oxygen atoms in total. The Balaban J connectivity index is 0.00000484. The van der Waals surface area contributed by atoms with Crippen molar-refractivity contribution in [3.05, 3.63) is 0 Å². The summed E-state index contributed by atoms with van der Waals surface area (Å²) in [6.45, 7) is 13.0. The van der Waals surface area contributed by atoms with Gasteiger partial charge in [-0.3, -0.25) is 9.89 Å². The van der Waals surface area contributed by atoms with E-state index in [4.69, 9.17) is 9.73 Å². The molecule has 1 aliphatic rings. The van der Waals surface area contributed by atoms with Crippen molar-refractivity contribution in [2.75, 3.05) is 57.9 Å². The van der Waals surface area contributed by atoms with E-state index in [1.165, 1.54) is 18.6 Å². The van der Waals surface area contributed by atoms with Crippen LogP contribution in [0.15, 0.2) is 4.99 Å². The van der Waals surface area contributed by atoms with Crippen molar-refractivity contribution in [2.24, 2.45) is 4.99 Å². The summed E-state index contributed by atoms with van der Waals surface area (Å²) in [5.41, 5.74) is 0.0744. The van der Waals surface area contributed by atoms with Gasteiger partial charge in [-0.1, -0.05) is 0 Å². The Hall–Kier alpha value is 0.270. The van der Waals surface area contributed by atoms with Crippen molar-refractivity contribution in [1.82, 2.24) is 15.5 Å². The molecule has 2 N–H and O–H groups in total. The zero-order chi connectivity index (χ0) is 16.3. The summed E-state index contributed by atoms with van der Waals surface area (Å²) in [5.74, 6) is 2.17. The van der Waals surface area contributed by atoms with Crippen molar-refractivity contribution in [3.63, 3.8) is 0 Å². The first-order valence-corrected chi connectivity index (χ1v) is 9.83. The summed E-state index contributed by atoms with van der Waals surface area (Å²) in [4.78, 5) is 7.26. The molecule has 1 aliphatic heterocycles. The zero-order valence-corrected chi connectivity index (χ0v) is 18.3. The lowest BCUT2D eigenvalue weighted by molar-refractivity contribution is -0.00683. The average molecular weight is 458 g/mol. The normalized spacial score (nSPS) is 16.8. The van der Waals surface area contributed by atoms with Gasteiger partial charge in [0.2, 0.25) is 0 Å². The molecule has 23 heavy (non-hydrogen) atoms. The van der Waals surface area contributed by atoms with Gasteiger partial charge in [-0.15, -0.1) is 24.0 Å². The van der Waals surface area contributed by atoms with E-state index in [9.17, 15) is 0 Å². The van der Waals surface area contributed by atoms with Gasteiger partial charge in [0.15, 0.2) is 5.96 Å². The van der Waals surface area contributed by atoms with Gasteiger partial charge in [0.1, 0.15) is 0 Å². The van der Waals surface area contributed by atoms with E-state index in [0.29, 0.717) is 0 Å². The van der Waals surface area contributed by atoms with Crippen LogP contribution in [0.2, 0.25) is 0 Å². The highest BCUT2D eigenvalue weighted by atomic mass is 127. The molecule has 0 saturated carbocycles. The van der Waals surface area contributed by atoms with Crippen LogP contribution in [0.5, 0.6) is 0 Å². The second-order valence-electron chi connectivity index (χ2n) is 6.23. The van der Waals surface area contributed by atoms with Crippen molar-refractivity contribution in [1.29, 1.82) is 0 Å². The number of nitrogens with zero attached hydrogens (tertiary/aromatic N) is 2. The highest BCUT2D eigenvalue weighted by Gasteiger charge is 2.27. The maximum Gasteiger partial charge on any atom is 0.191 e. The van der Waals surface area contributed by atoms with Crippen LogP contribution >= 0.6 is 35.7 Å². The summed E-state index contributed by atoms with van der Waals surface area (Å²) in [5, 5.41) is 6.78. The van der Waals surface area contributed by atoms with Crippen molar-refractivity contribution < 1.29 is 4.74 Å². The second-order valence-corrected chi connectivity index (χ2v) is 7.22. The molecule has 0 aromatic carbocycles. The van der Waals surface area contributed by atoms with Crippen LogP contribution in [-0.2, 0) is 4.74 Å². The van der Waals surface area contributed by atoms with Gasteiger partial charge in [0.25, 0.3) is 0 Å². The number of hydrogen-bond acceptors (Lipinski definition) is 4. The van der Waals surface area contributed by atoms with Crippen LogP contribution in [0.25, 0.3) is 0 Å². The summed E-state index contributed by atoms with van der Waals surface area (Å²) < 4.78 is 5.44. The first kappa shape index (κ1) is 23.3. The van der Waals surface area contributed by atoms with E-state index in [1.54, 1.807) is 0 Å². The first-order valence-electron chi connectivity index (χ1n) is 8.44. The summed E-state index contributed by atoms with van der Waals surface area (Å²) in [7, 11) is 0. The Kier molecular flexibility index (Phi) is 13.7. The van der Waals surface area contributed by atoms with E-state index < -0.39 is 0 Å². The molecule has 0 unspecified atom stereocenters. The third-order valence-electron chi connectivity index (χ3n) is 3.90. The predicted molar refractivity (Wildman–Crippen MR) is 113 cm³/mol. The molecule has 1 fully saturated rings. The zero-order valence-electron chi connectivity index (χ0n) is 15.2. The summed E-state index contributed by atoms with van der Waals surface area (Å²) in [6, 6.07) is 0. The van der Waals surface area contributed by atoms with Crippen LogP contribution in [0, 0.1) is 0 Å². The maximum absolute atomic E-state index is 5.44. The number of hydrogen-bond donors (Lipinski definition) is 2. The van der Waals surface area contributed by atoms with Gasteiger partial charge < -0.3 is 15.4 Å². The summed E-state index contributed by atoms with van der Waals surface area (Å²) >= 11 is 1.91. The smallest absolute Gasteiger partial charge is 0.191 e. The maximum atomic E-state index is 5.44. The van der Waals surface area contributed by atoms with E-state index in [2.05, 4.69) is 42.6 Å². The SMILES string of the molecule is CCNC(=NCC(C)(C)N1CCOCC1)NCCCCSC.I. The average Bonchev–Trinajstić information content (AvgIpc) is 2.53. The van der Waals surface area contributed by atoms with Crippen LogP contribution in [0.4, 0.5) is 0 Å². The predicted octanol–water partition coefficient (Wildman–Crippen LogP) is 2.41. The minimum Gasteiger partial charge on any atom is -0.379 e. The quantitative estimate of drug-likeness (QED) is 0.241. The number of thioether (sulfide) groups is 1. The fourth-order valence-electron chi connectivity index (χ4n) is 2.46. The van der Waals surface area contributed by atoms with Gasteiger partial charge in [-0.2, -0.15) is 11.8 Å². The minimum atomic E-state index is 0. The molecule has 0 bridgehead atoms. The number of unbranched alkanes of at least 4 members (excludes halogenated alkanes) is 1. The van der Waals surface area contributed by atoms with E-state index in [1.807, 2.05) is 11.8 Å². The number of rotatable bonds is 9. The van der Waals surface area contributed by atoms with Crippen molar-refractivity contribution >= 4 is 41.7 Å². The molecule has 0 spiro atoms. The molecule has 1 saturated heterocycles. The largest absolute Gasteiger partial charge is 0.379 e. The van der Waals surface area contributed by atoms with Gasteiger partial charge in [-0.05, 0) is 45.6 Å². The number of guanidine groups is 1. The lowest BCUT2D eigenvalue weighted by Crippen LogP contribution is -2.52. The molecule has 0 atom stereocenters. The van der Waals surface area contributed by atoms with Gasteiger partial charge in [-0.25, -0.2) is 0 Å². The Morgan fingerprint density at radius 1 is 1.22 bits per heavy atom. The molecule has 0 amide bonds. The fourth-order valence-corrected chi connectivity index (χ4v) is 2.95. The van der Waals surface area contributed by atoms with Crippen LogP contribution < -0.4 is 10.6 Å². The second kappa shape index (κ2) is 13.5. The molecule has 0 aromatic heterocycles. The van der Waals surface area contributed by atoms with E-state index >= 15 is 0 Å². The highest BCUT2D eigenvalue weighted by Crippen LogP contribution is 2.16. The topological polar surface area (TPSA) is 48.9 Å². The lowest BCUT2D eigenvalue weighted by Gasteiger charge is -2.39. The lowest BCUT2D eigenvalue weighted by atomic mass is 10.0. The number of aliphatic imine (C=N–C) groups is 1. The molecular formula is C16H35IN4OS. The number of ether oxygens (including phenoxy) is 1. The number of nitrogens with one attached hydrogen (secondary N) is 2. The molecule has 1 rings (SSSR count). The third kappa shape index (κ3) is 9.99. The number of morpholine rings is 1. The van der Waals surface area contributed by atoms with Crippen LogP contribution in [-0.4, -0.2) is 74.3 Å². The molecule has 7 heteroatoms. The minimum absolute atomic E-state index is 0. The Morgan fingerprint density at radius 2 is 1.91 bits per heavy atom. The fraction of sp³-hybridized carbons (Fsp3) is 0.938. The number of halogens is 1. The summed E-state index contributed by atoms with van der Waals surface area (Å²) in [6.07, 6.45) is 4.61. The van der Waals surface area contributed by atoms with E-state index in [0.717, 1.165) is 51.9 Å². The molecule has 0 radical (unpaired) electrons. The highest BCUT2D eigenvalue weighted by molar-refractivity contribution is 14.0. The van der Waals surface area contributed by atoms with Gasteiger partial charge in [0, 0.05) is 31.7 Å². The first-order chi connectivity index (χ1) is 10.6. The van der Waals surface area contributed by atoms with Gasteiger partial charge >= 0.3 is 0 Å². The van der Waals surface area contributed by atoms with Gasteiger partial charge in [0.05, 0.1) is 19.8 Å². The monoisotopic (exact) mass is 458 g/mol. The van der Waals surface area contributed by atoms with Crippen LogP contribution in [0.3, 0.4) is 0 Å². The van der Waals surface area contributed by atoms with Crippen molar-refractivity contribution in [3.8, 4) is 0 Å². The Morgan fingerprint density at radius 3 is 2.52 bits per heavy atom. The molecule has 1 heterocycles. The molecule has 0 aliphatic carbocycles. The van der Waals surface area contributed by atoms with E-state index in [-0.39, 0.29) is 29.5 Å². The standard InChI is InChI=1S/C16H34N4OS.HI/c1-5-17-15(18-8-6-7-13-22-4)19-14-16(2,3)20-9-11-21-12-10-20;/h5-14H2,1-4H3,(H2,17,18,19);1H. The molecule has 138 valence electrons. The molecular weight excluding hydrogens is 423 g/mol. The molecule has 0 aromatic rings. The Labute approximate surface area is 163 Å². The third-order valence-corrected chi connectivity index (χ3v) is 4.60. The van der Waals surface area contributed by atoms with Crippen LogP contribution in [0.1, 0.15) is 33.6 Å². The van der Waals surface area contributed by atoms with Crippen molar-refractivity contribution in [2.45, 2.75) is 39.2 Å². The Bertz CT molecular complexity index is 323.